The summed E-state index contributed by atoms with van der Waals surface area (Å²) in [7, 11) is -3.38. The monoisotopic (exact) mass is 502 g/mol. The minimum absolute atomic E-state index is 0.102. The molecule has 188 valence electrons. The third-order valence-electron chi connectivity index (χ3n) is 6.24. The summed E-state index contributed by atoms with van der Waals surface area (Å²) in [5.74, 6) is -3.19. The van der Waals surface area contributed by atoms with E-state index in [1.165, 1.54) is 0 Å². The molecule has 3 atom stereocenters. The lowest BCUT2D eigenvalue weighted by molar-refractivity contribution is -0.142. The molecule has 0 bridgehead atoms. The number of hydrogen-bond acceptors (Lipinski definition) is 6. The van der Waals surface area contributed by atoms with Gasteiger partial charge in [-0.15, -0.1) is 0 Å². The number of nitrogens with one attached hydrogen (secondary N) is 2. The molecule has 0 saturated carbocycles. The Balaban J connectivity index is 1.55. The average molecular weight is 503 g/mol. The van der Waals surface area contributed by atoms with Gasteiger partial charge >= 0.3 is 12.1 Å². The summed E-state index contributed by atoms with van der Waals surface area (Å²) in [6.45, 7) is 3.27. The number of alkyl carbamates (subject to hydrolysis) is 1. The Hall–Kier alpha value is -3.40. The Morgan fingerprint density at radius 2 is 1.51 bits per heavy atom. The predicted molar refractivity (Wildman–Crippen MR) is 131 cm³/mol. The number of sulfone groups is 1. The maximum absolute atomic E-state index is 12.5. The highest BCUT2D eigenvalue weighted by Crippen LogP contribution is 2.44. The number of benzene rings is 2. The van der Waals surface area contributed by atoms with Gasteiger partial charge in [-0.3, -0.25) is 4.79 Å². The summed E-state index contributed by atoms with van der Waals surface area (Å²) >= 11 is 0. The molecule has 10 heteroatoms. The van der Waals surface area contributed by atoms with E-state index in [9.17, 15) is 27.9 Å². The fraction of sp³-hybridized carbons (Fsp3) is 0.400. The van der Waals surface area contributed by atoms with Gasteiger partial charge in [0.2, 0.25) is 5.91 Å². The summed E-state index contributed by atoms with van der Waals surface area (Å²) in [4.78, 5) is 36.4. The molecule has 3 unspecified atom stereocenters. The maximum atomic E-state index is 12.5. The van der Waals surface area contributed by atoms with Crippen LogP contribution >= 0.6 is 0 Å². The van der Waals surface area contributed by atoms with Crippen LogP contribution in [0.25, 0.3) is 11.1 Å². The lowest BCUT2D eigenvalue weighted by Crippen LogP contribution is -2.49. The third kappa shape index (κ3) is 6.60. The number of carbonyl (C=O) groups excluding carboxylic acids is 2. The fourth-order valence-corrected chi connectivity index (χ4v) is 4.73. The van der Waals surface area contributed by atoms with E-state index in [1.807, 2.05) is 48.5 Å². The zero-order chi connectivity index (χ0) is 25.8. The first kappa shape index (κ1) is 26.2. The minimum atomic E-state index is -3.38. The molecule has 0 radical (unpaired) electrons. The van der Waals surface area contributed by atoms with E-state index in [-0.39, 0.29) is 24.7 Å². The summed E-state index contributed by atoms with van der Waals surface area (Å²) in [6, 6.07) is 13.9. The number of carboxylic acid groups (broad SMARTS) is 1. The standard InChI is InChI=1S/C25H30N2O7S/c1-15(23(28)27-22(24(29)30)12-13-35(3,32)33)16(2)26-25(31)34-14-21-19-10-6-4-8-17(19)18-9-5-7-11-20(18)21/h4-11,15-16,21-22H,12-14H2,1-3H3,(H,26,31)(H,27,28)(H,29,30). The Morgan fingerprint density at radius 3 is 2.03 bits per heavy atom. The van der Waals surface area contributed by atoms with E-state index in [0.29, 0.717) is 0 Å². The molecule has 0 aliphatic heterocycles. The van der Waals surface area contributed by atoms with Gasteiger partial charge in [0.1, 0.15) is 22.5 Å². The van der Waals surface area contributed by atoms with Crippen molar-refractivity contribution >= 4 is 27.8 Å². The van der Waals surface area contributed by atoms with Crippen LogP contribution in [-0.4, -0.2) is 62.2 Å². The van der Waals surface area contributed by atoms with Crippen molar-refractivity contribution in [3.63, 3.8) is 0 Å². The number of ether oxygens (including phenoxy) is 1. The largest absolute Gasteiger partial charge is 0.480 e. The van der Waals surface area contributed by atoms with Crippen LogP contribution in [0.3, 0.4) is 0 Å². The number of rotatable bonds is 10. The number of hydrogen-bond donors (Lipinski definition) is 3. The molecule has 9 nitrogen and oxygen atoms in total. The first-order chi connectivity index (χ1) is 16.5. The lowest BCUT2D eigenvalue weighted by Gasteiger charge is -2.23. The van der Waals surface area contributed by atoms with Gasteiger partial charge in [-0.2, -0.15) is 0 Å². The van der Waals surface area contributed by atoms with Crippen LogP contribution < -0.4 is 10.6 Å². The normalized spacial score (nSPS) is 15.3. The molecule has 35 heavy (non-hydrogen) atoms. The number of carbonyl (C=O) groups is 3. The highest BCUT2D eigenvalue weighted by atomic mass is 32.2. The second kappa shape index (κ2) is 10.9. The Kier molecular flexibility index (Phi) is 8.16. The van der Waals surface area contributed by atoms with Crippen molar-refractivity contribution in [2.24, 2.45) is 5.92 Å². The summed E-state index contributed by atoms with van der Waals surface area (Å²) in [5, 5.41) is 14.3. The highest BCUT2D eigenvalue weighted by Gasteiger charge is 2.30. The van der Waals surface area contributed by atoms with Crippen LogP contribution in [0.4, 0.5) is 4.79 Å². The van der Waals surface area contributed by atoms with Crippen LogP contribution in [0.15, 0.2) is 48.5 Å². The van der Waals surface area contributed by atoms with Crippen LogP contribution in [0.1, 0.15) is 37.3 Å². The van der Waals surface area contributed by atoms with Crippen molar-refractivity contribution in [1.82, 2.24) is 10.6 Å². The minimum Gasteiger partial charge on any atom is -0.480 e. The Labute approximate surface area is 204 Å². The van der Waals surface area contributed by atoms with Crippen molar-refractivity contribution in [1.29, 1.82) is 0 Å². The van der Waals surface area contributed by atoms with Gasteiger partial charge < -0.3 is 20.5 Å². The molecule has 0 spiro atoms. The van der Waals surface area contributed by atoms with E-state index in [1.54, 1.807) is 13.8 Å². The molecule has 2 amide bonds. The molecule has 1 aliphatic rings. The molecule has 2 aromatic carbocycles. The molecule has 0 aromatic heterocycles. The SMILES string of the molecule is CC(NC(=O)OCC1c2ccccc2-c2ccccc21)C(C)C(=O)NC(CCS(C)(=O)=O)C(=O)O. The molecule has 1 aliphatic carbocycles. The lowest BCUT2D eigenvalue weighted by atomic mass is 9.98. The number of fused-ring (bicyclic) bond motifs is 3. The van der Waals surface area contributed by atoms with Crippen molar-refractivity contribution in [2.75, 3.05) is 18.6 Å². The van der Waals surface area contributed by atoms with E-state index < -0.39 is 45.8 Å². The van der Waals surface area contributed by atoms with Crippen molar-refractivity contribution in [2.45, 2.75) is 38.3 Å². The molecule has 2 aromatic rings. The second-order valence-electron chi connectivity index (χ2n) is 8.87. The molecule has 3 rings (SSSR count). The van der Waals surface area contributed by atoms with Crippen LogP contribution in [0.5, 0.6) is 0 Å². The van der Waals surface area contributed by atoms with Crippen LogP contribution in [0, 0.1) is 5.92 Å². The molecular weight excluding hydrogens is 472 g/mol. The van der Waals surface area contributed by atoms with Gasteiger partial charge in [0.15, 0.2) is 0 Å². The van der Waals surface area contributed by atoms with Gasteiger partial charge in [0.25, 0.3) is 0 Å². The van der Waals surface area contributed by atoms with E-state index >= 15 is 0 Å². The van der Waals surface area contributed by atoms with Crippen LogP contribution in [-0.2, 0) is 24.2 Å². The van der Waals surface area contributed by atoms with E-state index in [0.717, 1.165) is 28.5 Å². The number of amides is 2. The predicted octanol–water partition coefficient (Wildman–Crippen LogP) is 2.55. The average Bonchev–Trinajstić information content (AvgIpc) is 3.12. The van der Waals surface area contributed by atoms with Gasteiger partial charge in [-0.25, -0.2) is 18.0 Å². The number of carboxylic acids is 1. The molecule has 0 heterocycles. The van der Waals surface area contributed by atoms with Crippen LogP contribution in [0.2, 0.25) is 0 Å². The fourth-order valence-electron chi connectivity index (χ4n) is 4.07. The van der Waals surface area contributed by atoms with Gasteiger partial charge in [0.05, 0.1) is 11.7 Å². The molecule has 3 N–H and O–H groups in total. The van der Waals surface area contributed by atoms with Crippen molar-refractivity contribution < 1.29 is 32.6 Å². The van der Waals surface area contributed by atoms with Gasteiger partial charge in [-0.05, 0) is 35.6 Å². The second-order valence-corrected chi connectivity index (χ2v) is 11.1. The maximum Gasteiger partial charge on any atom is 0.407 e. The first-order valence-electron chi connectivity index (χ1n) is 11.3. The van der Waals surface area contributed by atoms with Gasteiger partial charge in [0, 0.05) is 18.2 Å². The molecular formula is C25H30N2O7S. The zero-order valence-electron chi connectivity index (χ0n) is 19.9. The summed E-state index contributed by atoms with van der Waals surface area (Å²) in [5.41, 5.74) is 4.38. The quantitative estimate of drug-likeness (QED) is 0.454. The van der Waals surface area contributed by atoms with Crippen molar-refractivity contribution in [3.8, 4) is 11.1 Å². The summed E-state index contributed by atoms with van der Waals surface area (Å²) in [6.07, 6.45) is 0.0586. The summed E-state index contributed by atoms with van der Waals surface area (Å²) < 4.78 is 28.2. The highest BCUT2D eigenvalue weighted by molar-refractivity contribution is 7.90. The third-order valence-corrected chi connectivity index (χ3v) is 7.22. The Morgan fingerprint density at radius 1 is 0.971 bits per heavy atom. The first-order valence-corrected chi connectivity index (χ1v) is 13.4. The van der Waals surface area contributed by atoms with Crippen molar-refractivity contribution in [3.05, 3.63) is 59.7 Å². The van der Waals surface area contributed by atoms with Gasteiger partial charge in [-0.1, -0.05) is 55.5 Å². The smallest absolute Gasteiger partial charge is 0.407 e. The topological polar surface area (TPSA) is 139 Å². The van der Waals surface area contributed by atoms with E-state index in [2.05, 4.69) is 10.6 Å². The Bertz CT molecular complexity index is 1170. The molecule has 0 saturated heterocycles. The van der Waals surface area contributed by atoms with E-state index in [4.69, 9.17) is 4.74 Å². The zero-order valence-corrected chi connectivity index (χ0v) is 20.7. The number of aliphatic carboxylic acids is 1. The molecule has 0 fully saturated rings.